The first kappa shape index (κ1) is 20.6. The molecule has 1 amide bonds. The summed E-state index contributed by atoms with van der Waals surface area (Å²) in [6.45, 7) is 5.25. The van der Waals surface area contributed by atoms with E-state index in [9.17, 15) is 9.59 Å². The Bertz CT molecular complexity index is 1270. The van der Waals surface area contributed by atoms with Crippen LogP contribution in [-0.4, -0.2) is 26.6 Å². The minimum absolute atomic E-state index is 0.0568. The molecule has 4 rings (SSSR count). The summed E-state index contributed by atoms with van der Waals surface area (Å²) in [5, 5.41) is 2.93. The third kappa shape index (κ3) is 4.58. The summed E-state index contributed by atoms with van der Waals surface area (Å²) in [6, 6.07) is 19.8. The van der Waals surface area contributed by atoms with Crippen molar-refractivity contribution in [2.45, 2.75) is 33.4 Å². The van der Waals surface area contributed by atoms with Gasteiger partial charge < -0.3 is 5.32 Å². The summed E-state index contributed by atoms with van der Waals surface area (Å²) in [5.41, 5.74) is 5.64. The van der Waals surface area contributed by atoms with Gasteiger partial charge in [-0.1, -0.05) is 54.1 Å². The van der Waals surface area contributed by atoms with Crippen LogP contribution in [0.15, 0.2) is 71.7 Å². The Balaban J connectivity index is 1.49. The Labute approximate surface area is 181 Å². The second-order valence-electron chi connectivity index (χ2n) is 7.81. The Morgan fingerprint density at radius 3 is 2.52 bits per heavy atom. The Morgan fingerprint density at radius 2 is 1.74 bits per heavy atom. The maximum absolute atomic E-state index is 13.1. The van der Waals surface area contributed by atoms with E-state index in [0.717, 1.165) is 22.2 Å². The highest BCUT2D eigenvalue weighted by molar-refractivity contribution is 5.79. The lowest BCUT2D eigenvalue weighted by atomic mass is 10.1. The zero-order valence-electron chi connectivity index (χ0n) is 17.8. The number of hydrogen-bond donors (Lipinski definition) is 1. The largest absolute Gasteiger partial charge is 0.354 e. The Kier molecular flexibility index (Phi) is 5.98. The summed E-state index contributed by atoms with van der Waals surface area (Å²) < 4.78 is 3.37. The van der Waals surface area contributed by atoms with Crippen LogP contribution in [0.5, 0.6) is 0 Å². The first-order valence-corrected chi connectivity index (χ1v) is 10.4. The average molecular weight is 415 g/mol. The fraction of sp³-hybridized carbons (Fsp3) is 0.240. The number of pyridine rings is 1. The number of aromatic nitrogens is 3. The summed E-state index contributed by atoms with van der Waals surface area (Å²) in [6.07, 6.45) is 2.01. The van der Waals surface area contributed by atoms with Gasteiger partial charge in [0.15, 0.2) is 5.65 Å². The lowest BCUT2D eigenvalue weighted by Gasteiger charge is -2.08. The van der Waals surface area contributed by atoms with Gasteiger partial charge in [-0.3, -0.25) is 13.9 Å². The molecule has 0 radical (unpaired) electrons. The first-order valence-electron chi connectivity index (χ1n) is 10.4. The number of carbonyl (C=O) groups is 1. The predicted molar refractivity (Wildman–Crippen MR) is 122 cm³/mol. The van der Waals surface area contributed by atoms with Crippen LogP contribution in [0.4, 0.5) is 0 Å². The highest BCUT2D eigenvalue weighted by Gasteiger charge is 2.14. The van der Waals surface area contributed by atoms with Gasteiger partial charge in [0.1, 0.15) is 0 Å². The number of hydrogen-bond acceptors (Lipinski definition) is 3. The smallest absolute Gasteiger partial charge is 0.330 e. The van der Waals surface area contributed by atoms with Crippen molar-refractivity contribution in [3.63, 3.8) is 0 Å². The molecular weight excluding hydrogens is 388 g/mol. The number of carbonyl (C=O) groups excluding carboxylic acids is 1. The van der Waals surface area contributed by atoms with Crippen LogP contribution in [-0.2, 0) is 24.3 Å². The normalized spacial score (nSPS) is 11.0. The minimum atomic E-state index is -0.123. The molecular formula is C25H26N4O2. The number of rotatable bonds is 7. The molecule has 0 atom stereocenters. The monoisotopic (exact) mass is 414 g/mol. The van der Waals surface area contributed by atoms with Gasteiger partial charge in [-0.25, -0.2) is 9.78 Å². The standard InChI is InChI=1S/C25H26N4O2/c1-18-9-11-20(12-10-18)17-29-22-8-5-13-27-24(22)28(25(29)31)15-14-26-23(30)16-21-7-4-3-6-19(21)2/h3-13H,14-17H2,1-2H3,(H,26,30). The molecule has 1 N–H and O–H groups in total. The Morgan fingerprint density at radius 1 is 0.968 bits per heavy atom. The maximum atomic E-state index is 13.1. The third-order valence-corrected chi connectivity index (χ3v) is 5.51. The van der Waals surface area contributed by atoms with Crippen LogP contribution in [0.25, 0.3) is 11.2 Å². The van der Waals surface area contributed by atoms with Gasteiger partial charge in [0.2, 0.25) is 5.91 Å². The zero-order chi connectivity index (χ0) is 21.8. The minimum Gasteiger partial charge on any atom is -0.354 e. The molecule has 158 valence electrons. The molecule has 2 heterocycles. The van der Waals surface area contributed by atoms with E-state index >= 15 is 0 Å². The van der Waals surface area contributed by atoms with Gasteiger partial charge in [0, 0.05) is 19.3 Å². The van der Waals surface area contributed by atoms with Crippen LogP contribution < -0.4 is 11.0 Å². The van der Waals surface area contributed by atoms with Crippen LogP contribution >= 0.6 is 0 Å². The Hall–Kier alpha value is -3.67. The van der Waals surface area contributed by atoms with E-state index in [0.29, 0.717) is 31.7 Å². The van der Waals surface area contributed by atoms with Gasteiger partial charge in [0.05, 0.1) is 18.5 Å². The van der Waals surface area contributed by atoms with Gasteiger partial charge in [-0.05, 0) is 42.7 Å². The van der Waals surface area contributed by atoms with Crippen LogP contribution in [0.3, 0.4) is 0 Å². The van der Waals surface area contributed by atoms with Crippen molar-refractivity contribution in [2.24, 2.45) is 0 Å². The van der Waals surface area contributed by atoms with E-state index in [1.807, 2.05) is 74.5 Å². The van der Waals surface area contributed by atoms with E-state index < -0.39 is 0 Å². The number of fused-ring (bicyclic) bond motifs is 1. The molecule has 0 unspecified atom stereocenters. The van der Waals surface area contributed by atoms with Crippen LogP contribution in [0.2, 0.25) is 0 Å². The van der Waals surface area contributed by atoms with Gasteiger partial charge >= 0.3 is 5.69 Å². The fourth-order valence-electron chi connectivity index (χ4n) is 3.73. The molecule has 0 fully saturated rings. The molecule has 0 spiro atoms. The van der Waals surface area contributed by atoms with Crippen molar-refractivity contribution in [1.29, 1.82) is 0 Å². The molecule has 2 aromatic heterocycles. The second kappa shape index (κ2) is 9.00. The zero-order valence-corrected chi connectivity index (χ0v) is 17.8. The number of amides is 1. The quantitative estimate of drug-likeness (QED) is 0.505. The first-order chi connectivity index (χ1) is 15.0. The van der Waals surface area contributed by atoms with Gasteiger partial charge in [-0.15, -0.1) is 0 Å². The predicted octanol–water partition coefficient (Wildman–Crippen LogP) is 3.22. The number of imidazole rings is 1. The second-order valence-corrected chi connectivity index (χ2v) is 7.81. The van der Waals surface area contributed by atoms with E-state index in [4.69, 9.17) is 0 Å². The van der Waals surface area contributed by atoms with Gasteiger partial charge in [0.25, 0.3) is 0 Å². The molecule has 0 aliphatic rings. The van der Waals surface area contributed by atoms with E-state index in [1.54, 1.807) is 15.3 Å². The molecule has 6 nitrogen and oxygen atoms in total. The van der Waals surface area contributed by atoms with E-state index in [2.05, 4.69) is 10.3 Å². The molecule has 2 aromatic carbocycles. The van der Waals surface area contributed by atoms with Crippen molar-refractivity contribution in [3.05, 3.63) is 99.6 Å². The lowest BCUT2D eigenvalue weighted by Crippen LogP contribution is -2.32. The average Bonchev–Trinajstić information content (AvgIpc) is 3.03. The molecule has 31 heavy (non-hydrogen) atoms. The summed E-state index contributed by atoms with van der Waals surface area (Å²) in [7, 11) is 0. The van der Waals surface area contributed by atoms with Crippen molar-refractivity contribution >= 4 is 17.1 Å². The number of nitrogens with zero attached hydrogens (tertiary/aromatic N) is 3. The van der Waals surface area contributed by atoms with E-state index in [-0.39, 0.29) is 11.6 Å². The fourth-order valence-corrected chi connectivity index (χ4v) is 3.73. The van der Waals surface area contributed by atoms with Gasteiger partial charge in [-0.2, -0.15) is 0 Å². The van der Waals surface area contributed by atoms with Crippen molar-refractivity contribution in [1.82, 2.24) is 19.4 Å². The summed E-state index contributed by atoms with van der Waals surface area (Å²) in [5.74, 6) is -0.0568. The molecule has 0 aliphatic carbocycles. The molecule has 0 saturated heterocycles. The number of benzene rings is 2. The van der Waals surface area contributed by atoms with Crippen LogP contribution in [0, 0.1) is 13.8 Å². The molecule has 0 aliphatic heterocycles. The molecule has 4 aromatic rings. The molecule has 0 saturated carbocycles. The SMILES string of the molecule is Cc1ccc(Cn2c(=O)n(CCNC(=O)Cc3ccccc3C)c3ncccc32)cc1. The molecule has 0 bridgehead atoms. The summed E-state index contributed by atoms with van der Waals surface area (Å²) >= 11 is 0. The van der Waals surface area contributed by atoms with Crippen LogP contribution in [0.1, 0.15) is 22.3 Å². The number of aryl methyl sites for hydroxylation is 2. The lowest BCUT2D eigenvalue weighted by molar-refractivity contribution is -0.120. The number of nitrogens with one attached hydrogen (secondary N) is 1. The highest BCUT2D eigenvalue weighted by Crippen LogP contribution is 2.13. The van der Waals surface area contributed by atoms with Crippen molar-refractivity contribution in [2.75, 3.05) is 6.54 Å². The summed E-state index contributed by atoms with van der Waals surface area (Å²) in [4.78, 5) is 29.9. The van der Waals surface area contributed by atoms with Crippen molar-refractivity contribution < 1.29 is 4.79 Å². The molecule has 6 heteroatoms. The highest BCUT2D eigenvalue weighted by atomic mass is 16.2. The third-order valence-electron chi connectivity index (χ3n) is 5.51. The van der Waals surface area contributed by atoms with Crippen molar-refractivity contribution in [3.8, 4) is 0 Å². The topological polar surface area (TPSA) is 68.9 Å². The van der Waals surface area contributed by atoms with E-state index in [1.165, 1.54) is 5.56 Å². The maximum Gasteiger partial charge on any atom is 0.330 e.